The summed E-state index contributed by atoms with van der Waals surface area (Å²) in [5.41, 5.74) is 1.95. The maximum absolute atomic E-state index is 12.3. The molecule has 1 heterocycles. The number of carbonyl (C=O) groups is 2. The van der Waals surface area contributed by atoms with E-state index in [1.807, 2.05) is 19.1 Å². The lowest BCUT2D eigenvalue weighted by atomic mass is 10.1. The van der Waals surface area contributed by atoms with E-state index in [4.69, 9.17) is 16.7 Å². The first-order valence-electron chi connectivity index (χ1n) is 7.27. The highest BCUT2D eigenvalue weighted by Gasteiger charge is 2.19. The van der Waals surface area contributed by atoms with E-state index in [9.17, 15) is 9.59 Å². The monoisotopic (exact) mass is 335 g/mol. The number of carboxylic acids is 1. The van der Waals surface area contributed by atoms with Crippen molar-refractivity contribution >= 4 is 23.5 Å². The van der Waals surface area contributed by atoms with Crippen molar-refractivity contribution in [1.29, 1.82) is 0 Å². The minimum absolute atomic E-state index is 0.0691. The lowest BCUT2D eigenvalue weighted by molar-refractivity contribution is -0.140. The van der Waals surface area contributed by atoms with Gasteiger partial charge in [-0.15, -0.1) is 0 Å². The number of nitrogens with one attached hydrogen (secondary N) is 1. The standard InChI is InChI=1S/C16H18ClN3O3/c1-3-14-13(15(21)18-8-10(2)16(22)23)9-19-20(14)12-6-4-5-11(17)7-12/h4-7,9-10H,3,8H2,1-2H3,(H,18,21)(H,22,23). The number of nitrogens with zero attached hydrogens (tertiary/aromatic N) is 2. The first-order valence-corrected chi connectivity index (χ1v) is 7.65. The van der Waals surface area contributed by atoms with Crippen LogP contribution in [0.4, 0.5) is 0 Å². The predicted molar refractivity (Wildman–Crippen MR) is 87.1 cm³/mol. The van der Waals surface area contributed by atoms with Crippen molar-refractivity contribution in [3.05, 3.63) is 46.7 Å². The average Bonchev–Trinajstić information content (AvgIpc) is 2.96. The van der Waals surface area contributed by atoms with Gasteiger partial charge in [0.1, 0.15) is 0 Å². The average molecular weight is 336 g/mol. The third kappa shape index (κ3) is 3.90. The molecule has 0 aliphatic carbocycles. The molecule has 1 aromatic carbocycles. The van der Waals surface area contributed by atoms with E-state index >= 15 is 0 Å². The van der Waals surface area contributed by atoms with Crippen LogP contribution in [-0.4, -0.2) is 33.3 Å². The number of carboxylic acid groups (broad SMARTS) is 1. The Hall–Kier alpha value is -2.34. The molecule has 6 nitrogen and oxygen atoms in total. The van der Waals surface area contributed by atoms with E-state index < -0.39 is 11.9 Å². The molecule has 0 bridgehead atoms. The summed E-state index contributed by atoms with van der Waals surface area (Å²) in [5.74, 6) is -1.93. The molecule has 2 rings (SSSR count). The Morgan fingerprint density at radius 3 is 2.78 bits per heavy atom. The highest BCUT2D eigenvalue weighted by Crippen LogP contribution is 2.19. The van der Waals surface area contributed by atoms with E-state index in [0.29, 0.717) is 17.0 Å². The first-order chi connectivity index (χ1) is 10.9. The molecule has 0 radical (unpaired) electrons. The number of hydrogen-bond acceptors (Lipinski definition) is 3. The molecule has 0 spiro atoms. The molecule has 0 aliphatic rings. The fourth-order valence-corrected chi connectivity index (χ4v) is 2.35. The van der Waals surface area contributed by atoms with Crippen molar-refractivity contribution < 1.29 is 14.7 Å². The van der Waals surface area contributed by atoms with Crippen LogP contribution < -0.4 is 5.32 Å². The van der Waals surface area contributed by atoms with Crippen LogP contribution in [0.25, 0.3) is 5.69 Å². The number of rotatable bonds is 6. The van der Waals surface area contributed by atoms with Crippen LogP contribution in [0.3, 0.4) is 0 Å². The van der Waals surface area contributed by atoms with Gasteiger partial charge in [-0.3, -0.25) is 9.59 Å². The van der Waals surface area contributed by atoms with Crippen LogP contribution in [0.1, 0.15) is 29.9 Å². The van der Waals surface area contributed by atoms with Gasteiger partial charge >= 0.3 is 5.97 Å². The number of carbonyl (C=O) groups excluding carboxylic acids is 1. The van der Waals surface area contributed by atoms with Crippen molar-refractivity contribution in [3.63, 3.8) is 0 Å². The fourth-order valence-electron chi connectivity index (χ4n) is 2.16. The lowest BCUT2D eigenvalue weighted by Gasteiger charge is -2.10. The smallest absolute Gasteiger partial charge is 0.308 e. The highest BCUT2D eigenvalue weighted by molar-refractivity contribution is 6.30. The Bertz CT molecular complexity index is 727. The van der Waals surface area contributed by atoms with Crippen LogP contribution in [0.15, 0.2) is 30.5 Å². The van der Waals surface area contributed by atoms with Crippen LogP contribution in [0.2, 0.25) is 5.02 Å². The minimum atomic E-state index is -0.948. The Balaban J connectivity index is 2.24. The zero-order valence-corrected chi connectivity index (χ0v) is 13.7. The predicted octanol–water partition coefficient (Wildman–Crippen LogP) is 2.54. The van der Waals surface area contributed by atoms with Gasteiger partial charge in [-0.2, -0.15) is 5.10 Å². The van der Waals surface area contributed by atoms with E-state index in [1.165, 1.54) is 6.20 Å². The third-order valence-corrected chi connectivity index (χ3v) is 3.73. The molecular formula is C16H18ClN3O3. The molecular weight excluding hydrogens is 318 g/mol. The Labute approximate surface area is 139 Å². The highest BCUT2D eigenvalue weighted by atomic mass is 35.5. The molecule has 1 amide bonds. The van der Waals surface area contributed by atoms with Crippen molar-refractivity contribution in [2.75, 3.05) is 6.54 Å². The minimum Gasteiger partial charge on any atom is -0.481 e. The van der Waals surface area contributed by atoms with Crippen molar-refractivity contribution in [2.45, 2.75) is 20.3 Å². The van der Waals surface area contributed by atoms with Gasteiger partial charge in [0.25, 0.3) is 5.91 Å². The van der Waals surface area contributed by atoms with Gasteiger partial charge < -0.3 is 10.4 Å². The molecule has 0 saturated carbocycles. The SMILES string of the molecule is CCc1c(C(=O)NCC(C)C(=O)O)cnn1-c1cccc(Cl)c1. The maximum atomic E-state index is 12.3. The van der Waals surface area contributed by atoms with Gasteiger partial charge in [0.2, 0.25) is 0 Å². The first kappa shape index (κ1) is 17.0. The topological polar surface area (TPSA) is 84.2 Å². The van der Waals surface area contributed by atoms with Crippen LogP contribution in [0.5, 0.6) is 0 Å². The summed E-state index contributed by atoms with van der Waals surface area (Å²) in [4.78, 5) is 23.1. The second-order valence-corrected chi connectivity index (χ2v) is 5.64. The summed E-state index contributed by atoms with van der Waals surface area (Å²) < 4.78 is 1.67. The number of aromatic nitrogens is 2. The molecule has 1 aromatic heterocycles. The fraction of sp³-hybridized carbons (Fsp3) is 0.312. The van der Waals surface area contributed by atoms with Gasteiger partial charge in [-0.05, 0) is 24.6 Å². The maximum Gasteiger partial charge on any atom is 0.308 e. The lowest BCUT2D eigenvalue weighted by Crippen LogP contribution is -2.31. The van der Waals surface area contributed by atoms with E-state index in [1.54, 1.807) is 23.7 Å². The Morgan fingerprint density at radius 1 is 1.43 bits per heavy atom. The van der Waals surface area contributed by atoms with E-state index in [2.05, 4.69) is 10.4 Å². The normalized spacial score (nSPS) is 12.0. The molecule has 2 N–H and O–H groups in total. The number of halogens is 1. The van der Waals surface area contributed by atoms with Gasteiger partial charge in [0, 0.05) is 11.6 Å². The summed E-state index contributed by atoms with van der Waals surface area (Å²) in [5, 5.41) is 16.3. The molecule has 1 atom stereocenters. The largest absolute Gasteiger partial charge is 0.481 e. The summed E-state index contributed by atoms with van der Waals surface area (Å²) in [6.07, 6.45) is 2.09. The van der Waals surface area contributed by atoms with E-state index in [0.717, 1.165) is 11.4 Å². The van der Waals surface area contributed by atoms with Gasteiger partial charge in [0.15, 0.2) is 0 Å². The number of hydrogen-bond donors (Lipinski definition) is 2. The second-order valence-electron chi connectivity index (χ2n) is 5.20. The number of aliphatic carboxylic acids is 1. The molecule has 0 fully saturated rings. The molecule has 2 aromatic rings. The Kier molecular flexibility index (Phi) is 5.39. The zero-order chi connectivity index (χ0) is 17.0. The summed E-state index contributed by atoms with van der Waals surface area (Å²) >= 11 is 6.00. The van der Waals surface area contributed by atoms with Gasteiger partial charge in [0.05, 0.1) is 29.1 Å². The van der Waals surface area contributed by atoms with Crippen LogP contribution in [0, 0.1) is 5.92 Å². The summed E-state index contributed by atoms with van der Waals surface area (Å²) in [6, 6.07) is 7.20. The molecule has 0 aliphatic heterocycles. The molecule has 122 valence electrons. The number of amides is 1. The molecule has 7 heteroatoms. The molecule has 23 heavy (non-hydrogen) atoms. The second kappa shape index (κ2) is 7.28. The summed E-state index contributed by atoms with van der Waals surface area (Å²) in [7, 11) is 0. The molecule has 1 unspecified atom stereocenters. The van der Waals surface area contributed by atoms with E-state index in [-0.39, 0.29) is 12.5 Å². The Morgan fingerprint density at radius 2 is 2.17 bits per heavy atom. The van der Waals surface area contributed by atoms with Crippen molar-refractivity contribution in [3.8, 4) is 5.69 Å². The van der Waals surface area contributed by atoms with Gasteiger partial charge in [-0.1, -0.05) is 31.5 Å². The zero-order valence-electron chi connectivity index (χ0n) is 12.9. The van der Waals surface area contributed by atoms with Crippen molar-refractivity contribution in [1.82, 2.24) is 15.1 Å². The summed E-state index contributed by atoms with van der Waals surface area (Å²) in [6.45, 7) is 3.53. The molecule has 0 saturated heterocycles. The third-order valence-electron chi connectivity index (χ3n) is 3.49. The quantitative estimate of drug-likeness (QED) is 0.849. The van der Waals surface area contributed by atoms with Gasteiger partial charge in [-0.25, -0.2) is 4.68 Å². The number of benzene rings is 1. The van der Waals surface area contributed by atoms with Crippen LogP contribution in [-0.2, 0) is 11.2 Å². The van der Waals surface area contributed by atoms with Crippen LogP contribution >= 0.6 is 11.6 Å². The van der Waals surface area contributed by atoms with Crippen molar-refractivity contribution in [2.24, 2.45) is 5.92 Å².